The summed E-state index contributed by atoms with van der Waals surface area (Å²) in [6.45, 7) is 13.5. The lowest BCUT2D eigenvalue weighted by atomic mass is 10.0. The summed E-state index contributed by atoms with van der Waals surface area (Å²) in [4.78, 5) is 13.2. The van der Waals surface area contributed by atoms with E-state index in [0.717, 1.165) is 30.8 Å². The highest BCUT2D eigenvalue weighted by atomic mass is 16.5. The number of hydrogen-bond acceptors (Lipinski definition) is 4. The summed E-state index contributed by atoms with van der Waals surface area (Å²) in [6.07, 6.45) is 1.64. The number of Topliss-reactive ketones (excluding diaryl/α,β-unsaturated/α-hetero) is 1. The van der Waals surface area contributed by atoms with E-state index in [-0.39, 0.29) is 12.4 Å². The van der Waals surface area contributed by atoms with Crippen LogP contribution in [-0.4, -0.2) is 25.5 Å². The monoisotopic (exact) mass is 304 g/mol. The van der Waals surface area contributed by atoms with Crippen LogP contribution < -0.4 is 10.6 Å². The van der Waals surface area contributed by atoms with Gasteiger partial charge in [0.2, 0.25) is 0 Å². The average Bonchev–Trinajstić information content (AvgIpc) is 2.48. The molecule has 1 aromatic rings. The zero-order valence-electron chi connectivity index (χ0n) is 14.2. The lowest BCUT2D eigenvalue weighted by Crippen LogP contribution is -2.26. The Morgan fingerprint density at radius 3 is 2.59 bits per heavy atom. The Morgan fingerprint density at radius 2 is 2.05 bits per heavy atom. The Bertz CT molecular complexity index is 538. The van der Waals surface area contributed by atoms with Crippen molar-refractivity contribution in [2.45, 2.75) is 40.5 Å². The molecule has 0 heterocycles. The van der Waals surface area contributed by atoms with Crippen molar-refractivity contribution >= 4 is 17.2 Å². The van der Waals surface area contributed by atoms with Gasteiger partial charge in [0.1, 0.15) is 6.61 Å². The highest BCUT2D eigenvalue weighted by Crippen LogP contribution is 2.27. The number of nitrogen functional groups attached to an aromatic ring is 1. The second-order valence-electron chi connectivity index (χ2n) is 5.55. The van der Waals surface area contributed by atoms with Crippen LogP contribution in [0.25, 0.3) is 0 Å². The third-order valence-corrected chi connectivity index (χ3v) is 3.71. The molecule has 22 heavy (non-hydrogen) atoms. The molecule has 0 aliphatic rings. The molecule has 0 radical (unpaired) electrons. The van der Waals surface area contributed by atoms with Crippen molar-refractivity contribution in [1.82, 2.24) is 0 Å². The van der Waals surface area contributed by atoms with Crippen LogP contribution in [0.5, 0.6) is 0 Å². The second kappa shape index (κ2) is 8.47. The smallest absolute Gasteiger partial charge is 0.167 e. The van der Waals surface area contributed by atoms with Crippen molar-refractivity contribution < 1.29 is 9.53 Å². The lowest BCUT2D eigenvalue weighted by molar-refractivity contribution is -0.120. The van der Waals surface area contributed by atoms with Gasteiger partial charge in [-0.1, -0.05) is 13.5 Å². The van der Waals surface area contributed by atoms with Gasteiger partial charge in [0.15, 0.2) is 5.78 Å². The minimum Gasteiger partial charge on any atom is -0.491 e. The number of benzene rings is 1. The van der Waals surface area contributed by atoms with E-state index in [1.165, 1.54) is 18.2 Å². The Morgan fingerprint density at radius 1 is 1.36 bits per heavy atom. The van der Waals surface area contributed by atoms with Gasteiger partial charge >= 0.3 is 0 Å². The van der Waals surface area contributed by atoms with E-state index in [1.54, 1.807) is 0 Å². The van der Waals surface area contributed by atoms with Crippen LogP contribution in [0.4, 0.5) is 11.4 Å². The molecular formula is C18H28N2O2. The maximum Gasteiger partial charge on any atom is 0.167 e. The minimum atomic E-state index is 0.0101. The fraction of sp³-hybridized carbons (Fsp3) is 0.500. The van der Waals surface area contributed by atoms with E-state index in [2.05, 4.69) is 37.5 Å². The molecule has 0 saturated carbocycles. The molecule has 0 atom stereocenters. The van der Waals surface area contributed by atoms with Gasteiger partial charge in [-0.3, -0.25) is 4.79 Å². The number of hydrogen-bond donors (Lipinski definition) is 1. The maximum atomic E-state index is 10.9. The topological polar surface area (TPSA) is 55.6 Å². The number of carbonyl (C=O) groups is 1. The molecule has 4 nitrogen and oxygen atoms in total. The first-order chi connectivity index (χ1) is 10.4. The van der Waals surface area contributed by atoms with Crippen molar-refractivity contribution in [3.8, 4) is 0 Å². The number of nitrogens with zero attached hydrogens (tertiary/aromatic N) is 1. The molecule has 0 unspecified atom stereocenters. The molecular weight excluding hydrogens is 276 g/mol. The summed E-state index contributed by atoms with van der Waals surface area (Å²) in [7, 11) is 0. The summed E-state index contributed by atoms with van der Waals surface area (Å²) in [5, 5.41) is 0. The zero-order chi connectivity index (χ0) is 16.7. The lowest BCUT2D eigenvalue weighted by Gasteiger charge is -2.27. The van der Waals surface area contributed by atoms with E-state index >= 15 is 0 Å². The molecule has 122 valence electrons. The molecule has 1 aromatic carbocycles. The number of nitrogens with two attached hydrogens (primary N) is 1. The van der Waals surface area contributed by atoms with Gasteiger partial charge in [-0.15, -0.1) is 0 Å². The molecule has 0 saturated heterocycles. The van der Waals surface area contributed by atoms with E-state index in [9.17, 15) is 4.79 Å². The average molecular weight is 304 g/mol. The molecule has 0 aliphatic heterocycles. The quantitative estimate of drug-likeness (QED) is 0.560. The number of ether oxygens (including phenoxy) is 1. The molecule has 4 heteroatoms. The SMILES string of the molecule is C=C(CCN(CC)c1cc(C)c(N)cc1CC)OCC(C)=O. The zero-order valence-corrected chi connectivity index (χ0v) is 14.2. The Labute approximate surface area is 133 Å². The van der Waals surface area contributed by atoms with Crippen LogP contribution in [0.15, 0.2) is 24.5 Å². The molecule has 0 aromatic heterocycles. The Balaban J connectivity index is 2.78. The molecule has 2 N–H and O–H groups in total. The summed E-state index contributed by atoms with van der Waals surface area (Å²) >= 11 is 0. The van der Waals surface area contributed by atoms with E-state index in [0.29, 0.717) is 12.2 Å². The van der Waals surface area contributed by atoms with Gasteiger partial charge in [0.05, 0.1) is 5.76 Å². The summed E-state index contributed by atoms with van der Waals surface area (Å²) in [5.41, 5.74) is 10.4. The van der Waals surface area contributed by atoms with Crippen LogP contribution in [0.1, 0.15) is 38.3 Å². The van der Waals surface area contributed by atoms with Crippen molar-refractivity contribution in [3.05, 3.63) is 35.6 Å². The van der Waals surface area contributed by atoms with Crippen LogP contribution in [0, 0.1) is 6.92 Å². The third-order valence-electron chi connectivity index (χ3n) is 3.71. The van der Waals surface area contributed by atoms with Gasteiger partial charge in [-0.05, 0) is 50.5 Å². The molecule has 0 fully saturated rings. The van der Waals surface area contributed by atoms with Crippen LogP contribution in [0.3, 0.4) is 0 Å². The van der Waals surface area contributed by atoms with Crippen molar-refractivity contribution in [2.75, 3.05) is 30.3 Å². The highest BCUT2D eigenvalue weighted by Gasteiger charge is 2.12. The van der Waals surface area contributed by atoms with E-state index < -0.39 is 0 Å². The molecule has 0 spiro atoms. The molecule has 1 rings (SSSR count). The van der Waals surface area contributed by atoms with Crippen LogP contribution >= 0.6 is 0 Å². The predicted octanol–water partition coefficient (Wildman–Crippen LogP) is 3.48. The van der Waals surface area contributed by atoms with E-state index in [1.807, 2.05) is 6.92 Å². The minimum absolute atomic E-state index is 0.0101. The molecule has 0 amide bonds. The number of ketones is 1. The second-order valence-corrected chi connectivity index (χ2v) is 5.55. The first-order valence-electron chi connectivity index (χ1n) is 7.82. The van der Waals surface area contributed by atoms with Gasteiger partial charge in [0.25, 0.3) is 0 Å². The summed E-state index contributed by atoms with van der Waals surface area (Å²) < 4.78 is 5.34. The summed E-state index contributed by atoms with van der Waals surface area (Å²) in [6, 6.07) is 4.21. The summed E-state index contributed by atoms with van der Waals surface area (Å²) in [5.74, 6) is 0.662. The standard InChI is InChI=1S/C18H28N2O2/c1-6-16-11-17(19)13(3)10-18(16)20(7-2)9-8-15(5)22-12-14(4)21/h10-11H,5-9,12,19H2,1-4H3. The molecule has 0 bridgehead atoms. The largest absolute Gasteiger partial charge is 0.491 e. The first kappa shape index (κ1) is 18.1. The highest BCUT2D eigenvalue weighted by molar-refractivity contribution is 5.76. The molecule has 0 aliphatic carbocycles. The maximum absolute atomic E-state index is 10.9. The fourth-order valence-corrected chi connectivity index (χ4v) is 2.32. The number of anilines is 2. The predicted molar refractivity (Wildman–Crippen MR) is 93.2 cm³/mol. The van der Waals surface area contributed by atoms with Gasteiger partial charge < -0.3 is 15.4 Å². The Hall–Kier alpha value is -1.97. The van der Waals surface area contributed by atoms with Gasteiger partial charge in [0, 0.05) is 30.9 Å². The van der Waals surface area contributed by atoms with Gasteiger partial charge in [-0.25, -0.2) is 0 Å². The number of rotatable bonds is 9. The number of carbonyl (C=O) groups excluding carboxylic acids is 1. The van der Waals surface area contributed by atoms with Crippen molar-refractivity contribution in [2.24, 2.45) is 0 Å². The first-order valence-corrected chi connectivity index (χ1v) is 7.82. The van der Waals surface area contributed by atoms with Crippen LogP contribution in [-0.2, 0) is 16.0 Å². The Kier molecular flexibility index (Phi) is 6.96. The van der Waals surface area contributed by atoms with Crippen LogP contribution in [0.2, 0.25) is 0 Å². The van der Waals surface area contributed by atoms with Gasteiger partial charge in [-0.2, -0.15) is 0 Å². The van der Waals surface area contributed by atoms with E-state index in [4.69, 9.17) is 10.5 Å². The van der Waals surface area contributed by atoms with Crippen molar-refractivity contribution in [1.29, 1.82) is 0 Å². The van der Waals surface area contributed by atoms with Crippen molar-refractivity contribution in [3.63, 3.8) is 0 Å². The number of aryl methyl sites for hydroxylation is 2. The normalized spacial score (nSPS) is 10.4. The fourth-order valence-electron chi connectivity index (χ4n) is 2.32. The third kappa shape index (κ3) is 5.10.